The van der Waals surface area contributed by atoms with Crippen LogP contribution in [0.3, 0.4) is 0 Å². The topological polar surface area (TPSA) is 15.3 Å². The maximum atomic E-state index is 12.3. The number of nitrogens with one attached hydrogen (secondary N) is 1. The number of nitrogens with zero attached hydrogens (tertiary/aromatic N) is 1. The van der Waals surface area contributed by atoms with Crippen LogP contribution in [-0.2, 0) is 0 Å². The summed E-state index contributed by atoms with van der Waals surface area (Å²) in [5, 5.41) is 3.08. The van der Waals surface area contributed by atoms with Gasteiger partial charge in [-0.2, -0.15) is 0 Å². The Bertz CT molecular complexity index is 268. The van der Waals surface area contributed by atoms with Gasteiger partial charge in [0.25, 0.3) is 6.43 Å². The Balaban J connectivity index is 1.49. The van der Waals surface area contributed by atoms with Crippen LogP contribution in [0.15, 0.2) is 0 Å². The minimum atomic E-state index is -2.22. The first-order valence-electron chi connectivity index (χ1n) is 7.93. The molecule has 1 saturated heterocycles. The quantitative estimate of drug-likeness (QED) is 0.766. The Labute approximate surface area is 114 Å². The number of hydrogen-bond acceptors (Lipinski definition) is 2. The van der Waals surface area contributed by atoms with Gasteiger partial charge in [-0.15, -0.1) is 0 Å². The zero-order chi connectivity index (χ0) is 13.2. The predicted molar refractivity (Wildman–Crippen MR) is 72.4 cm³/mol. The summed E-state index contributed by atoms with van der Waals surface area (Å²) in [7, 11) is 0. The Hall–Kier alpha value is -0.220. The van der Waals surface area contributed by atoms with E-state index in [1.54, 1.807) is 0 Å². The van der Waals surface area contributed by atoms with E-state index in [9.17, 15) is 8.78 Å². The summed E-state index contributed by atoms with van der Waals surface area (Å²) in [6.45, 7) is 3.25. The molecule has 0 bridgehead atoms. The molecule has 2 atom stereocenters. The fourth-order valence-corrected chi connectivity index (χ4v) is 3.52. The Morgan fingerprint density at radius 2 is 1.74 bits per heavy atom. The molecule has 0 aromatic heterocycles. The molecule has 0 amide bonds. The maximum absolute atomic E-state index is 12.3. The summed E-state index contributed by atoms with van der Waals surface area (Å²) in [6.07, 6.45) is 5.75. The standard InChI is InChI=1S/C15H26F2N2/c16-15(17)7-18-14-6-13(5-11-1-2-11)9-19(10-14)8-12-3-4-12/h11-15,18H,1-10H2. The lowest BCUT2D eigenvalue weighted by atomic mass is 9.89. The minimum absolute atomic E-state index is 0.141. The number of hydrogen-bond donors (Lipinski definition) is 1. The molecule has 0 aromatic rings. The molecule has 3 rings (SSSR count). The minimum Gasteiger partial charge on any atom is -0.307 e. The number of halogens is 2. The molecule has 0 spiro atoms. The zero-order valence-electron chi connectivity index (χ0n) is 11.7. The summed E-state index contributed by atoms with van der Waals surface area (Å²) in [5.41, 5.74) is 0. The largest absolute Gasteiger partial charge is 0.307 e. The van der Waals surface area contributed by atoms with Crippen LogP contribution < -0.4 is 5.32 Å². The van der Waals surface area contributed by atoms with Gasteiger partial charge in [-0.3, -0.25) is 0 Å². The van der Waals surface area contributed by atoms with Crippen molar-refractivity contribution in [2.75, 3.05) is 26.2 Å². The van der Waals surface area contributed by atoms with Gasteiger partial charge >= 0.3 is 0 Å². The van der Waals surface area contributed by atoms with Crippen LogP contribution in [0.4, 0.5) is 8.78 Å². The van der Waals surface area contributed by atoms with Crippen molar-refractivity contribution >= 4 is 0 Å². The van der Waals surface area contributed by atoms with Crippen LogP contribution in [0, 0.1) is 17.8 Å². The molecule has 0 radical (unpaired) electrons. The second kappa shape index (κ2) is 6.04. The molecule has 0 aromatic carbocycles. The summed E-state index contributed by atoms with van der Waals surface area (Å²) in [6, 6.07) is 0.283. The van der Waals surface area contributed by atoms with E-state index in [-0.39, 0.29) is 12.6 Å². The number of rotatable bonds is 7. The van der Waals surface area contributed by atoms with Crippen LogP contribution in [0.5, 0.6) is 0 Å². The molecular formula is C15H26F2N2. The van der Waals surface area contributed by atoms with Crippen molar-refractivity contribution in [3.05, 3.63) is 0 Å². The van der Waals surface area contributed by atoms with Crippen molar-refractivity contribution in [2.45, 2.75) is 51.0 Å². The molecule has 19 heavy (non-hydrogen) atoms. The van der Waals surface area contributed by atoms with E-state index in [0.717, 1.165) is 30.7 Å². The van der Waals surface area contributed by atoms with Crippen LogP contribution in [0.25, 0.3) is 0 Å². The molecule has 4 heteroatoms. The molecule has 2 unspecified atom stereocenters. The Morgan fingerprint density at radius 1 is 1.00 bits per heavy atom. The molecule has 2 saturated carbocycles. The number of likely N-dealkylation sites (tertiary alicyclic amines) is 1. The van der Waals surface area contributed by atoms with Gasteiger partial charge in [0.1, 0.15) is 0 Å². The average molecular weight is 272 g/mol. The van der Waals surface area contributed by atoms with Crippen molar-refractivity contribution in [2.24, 2.45) is 17.8 Å². The van der Waals surface area contributed by atoms with Gasteiger partial charge in [-0.05, 0) is 43.4 Å². The number of alkyl halides is 2. The van der Waals surface area contributed by atoms with Crippen molar-refractivity contribution in [3.63, 3.8) is 0 Å². The predicted octanol–water partition coefficient (Wildman–Crippen LogP) is 2.74. The van der Waals surface area contributed by atoms with E-state index in [2.05, 4.69) is 10.2 Å². The molecule has 2 nitrogen and oxygen atoms in total. The molecule has 3 aliphatic rings. The zero-order valence-corrected chi connectivity index (χ0v) is 11.7. The maximum Gasteiger partial charge on any atom is 0.250 e. The van der Waals surface area contributed by atoms with Gasteiger partial charge in [-0.25, -0.2) is 8.78 Å². The fourth-order valence-electron chi connectivity index (χ4n) is 3.52. The van der Waals surface area contributed by atoms with Crippen LogP contribution in [0.1, 0.15) is 38.5 Å². The first-order valence-corrected chi connectivity index (χ1v) is 7.93. The number of piperidine rings is 1. The lowest BCUT2D eigenvalue weighted by molar-refractivity contribution is 0.102. The Morgan fingerprint density at radius 3 is 2.37 bits per heavy atom. The molecule has 1 heterocycles. The molecular weight excluding hydrogens is 246 g/mol. The normalized spacial score (nSPS) is 33.0. The second-order valence-electron chi connectivity index (χ2n) is 6.94. The molecule has 2 aliphatic carbocycles. The summed E-state index contributed by atoms with van der Waals surface area (Å²) in [4.78, 5) is 2.54. The third kappa shape index (κ3) is 4.67. The van der Waals surface area contributed by atoms with E-state index < -0.39 is 6.43 Å². The fraction of sp³-hybridized carbons (Fsp3) is 1.00. The highest BCUT2D eigenvalue weighted by molar-refractivity contribution is 4.89. The second-order valence-corrected chi connectivity index (χ2v) is 6.94. The van der Waals surface area contributed by atoms with Gasteiger partial charge in [0.15, 0.2) is 0 Å². The molecule has 1 N–H and O–H groups in total. The smallest absolute Gasteiger partial charge is 0.250 e. The molecule has 3 fully saturated rings. The van der Waals surface area contributed by atoms with Crippen LogP contribution in [0.2, 0.25) is 0 Å². The summed E-state index contributed by atoms with van der Waals surface area (Å²) >= 11 is 0. The molecule has 1 aliphatic heterocycles. The van der Waals surface area contributed by atoms with E-state index in [1.807, 2.05) is 0 Å². The third-order valence-corrected chi connectivity index (χ3v) is 4.75. The third-order valence-electron chi connectivity index (χ3n) is 4.75. The first kappa shape index (κ1) is 13.7. The highest BCUT2D eigenvalue weighted by Crippen LogP contribution is 2.38. The van der Waals surface area contributed by atoms with Crippen LogP contribution >= 0.6 is 0 Å². The van der Waals surface area contributed by atoms with E-state index in [0.29, 0.717) is 0 Å². The van der Waals surface area contributed by atoms with Gasteiger partial charge in [0.05, 0.1) is 6.54 Å². The lowest BCUT2D eigenvalue weighted by Gasteiger charge is -2.38. The van der Waals surface area contributed by atoms with Gasteiger partial charge < -0.3 is 10.2 Å². The van der Waals surface area contributed by atoms with E-state index in [4.69, 9.17) is 0 Å². The van der Waals surface area contributed by atoms with E-state index in [1.165, 1.54) is 45.2 Å². The summed E-state index contributed by atoms with van der Waals surface area (Å²) in [5.74, 6) is 2.58. The lowest BCUT2D eigenvalue weighted by Crippen LogP contribution is -2.50. The first-order chi connectivity index (χ1) is 9.19. The van der Waals surface area contributed by atoms with Crippen molar-refractivity contribution in [3.8, 4) is 0 Å². The van der Waals surface area contributed by atoms with Gasteiger partial charge in [0.2, 0.25) is 0 Å². The van der Waals surface area contributed by atoms with Crippen LogP contribution in [-0.4, -0.2) is 43.5 Å². The Kier molecular flexibility index (Phi) is 4.37. The van der Waals surface area contributed by atoms with Crippen molar-refractivity contribution in [1.29, 1.82) is 0 Å². The van der Waals surface area contributed by atoms with Gasteiger partial charge in [-0.1, -0.05) is 12.8 Å². The van der Waals surface area contributed by atoms with Gasteiger partial charge in [0, 0.05) is 25.7 Å². The SMILES string of the molecule is FC(F)CNC1CC(CC2CC2)CN(CC2CC2)C1. The monoisotopic (exact) mass is 272 g/mol. The van der Waals surface area contributed by atoms with Crippen molar-refractivity contribution < 1.29 is 8.78 Å². The highest BCUT2D eigenvalue weighted by Gasteiger charge is 2.34. The average Bonchev–Trinajstić information content (AvgIpc) is 3.22. The molecule has 110 valence electrons. The highest BCUT2D eigenvalue weighted by atomic mass is 19.3. The van der Waals surface area contributed by atoms with E-state index >= 15 is 0 Å². The summed E-state index contributed by atoms with van der Waals surface area (Å²) < 4.78 is 24.7. The van der Waals surface area contributed by atoms with Crippen molar-refractivity contribution in [1.82, 2.24) is 10.2 Å².